The zero-order valence-electron chi connectivity index (χ0n) is 8.71. The van der Waals surface area contributed by atoms with Crippen LogP contribution in [0.1, 0.15) is 44.8 Å². The highest BCUT2D eigenvalue weighted by Crippen LogP contribution is 2.23. The zero-order chi connectivity index (χ0) is 9.84. The molecular formula is C11H19NO. The van der Waals surface area contributed by atoms with Crippen molar-refractivity contribution in [2.75, 3.05) is 0 Å². The van der Waals surface area contributed by atoms with Crippen LogP contribution in [0.2, 0.25) is 0 Å². The van der Waals surface area contributed by atoms with E-state index in [1.54, 1.807) is 0 Å². The highest BCUT2D eigenvalue weighted by molar-refractivity contribution is 5.10. The Kier molecular flexibility index (Phi) is 3.55. The van der Waals surface area contributed by atoms with E-state index in [-0.39, 0.29) is 6.04 Å². The van der Waals surface area contributed by atoms with Crippen LogP contribution < -0.4 is 5.73 Å². The van der Waals surface area contributed by atoms with Gasteiger partial charge in [-0.3, -0.25) is 0 Å². The molecule has 0 fully saturated rings. The van der Waals surface area contributed by atoms with E-state index in [4.69, 9.17) is 10.2 Å². The van der Waals surface area contributed by atoms with Crippen LogP contribution in [0.3, 0.4) is 0 Å². The predicted molar refractivity (Wildman–Crippen MR) is 54.5 cm³/mol. The molecule has 2 heteroatoms. The Hall–Kier alpha value is -0.760. The van der Waals surface area contributed by atoms with Gasteiger partial charge in [0.05, 0.1) is 6.04 Å². The fraction of sp³-hybridized carbons (Fsp3) is 0.636. The monoisotopic (exact) mass is 181 g/mol. The van der Waals surface area contributed by atoms with Crippen LogP contribution in [0.15, 0.2) is 16.5 Å². The van der Waals surface area contributed by atoms with Crippen molar-refractivity contribution in [2.45, 2.75) is 39.7 Å². The summed E-state index contributed by atoms with van der Waals surface area (Å²) in [6.07, 6.45) is 2.02. The topological polar surface area (TPSA) is 39.2 Å². The van der Waals surface area contributed by atoms with Crippen LogP contribution in [0.4, 0.5) is 0 Å². The van der Waals surface area contributed by atoms with Crippen molar-refractivity contribution in [3.8, 4) is 0 Å². The molecule has 1 heterocycles. The Morgan fingerprint density at radius 2 is 2.08 bits per heavy atom. The van der Waals surface area contributed by atoms with E-state index < -0.39 is 0 Å². The van der Waals surface area contributed by atoms with Gasteiger partial charge in [-0.05, 0) is 18.1 Å². The molecule has 0 saturated carbocycles. The molecule has 0 spiro atoms. The third kappa shape index (κ3) is 2.34. The van der Waals surface area contributed by atoms with E-state index in [0.717, 1.165) is 24.4 Å². The van der Waals surface area contributed by atoms with Gasteiger partial charge in [-0.1, -0.05) is 27.2 Å². The van der Waals surface area contributed by atoms with E-state index in [2.05, 4.69) is 20.8 Å². The van der Waals surface area contributed by atoms with Gasteiger partial charge in [0.2, 0.25) is 0 Å². The van der Waals surface area contributed by atoms with Crippen LogP contribution in [-0.2, 0) is 6.42 Å². The number of furan rings is 1. The SMILES string of the molecule is CCc1ccc(C(N)C(C)CC)o1. The Morgan fingerprint density at radius 1 is 1.38 bits per heavy atom. The smallest absolute Gasteiger partial charge is 0.121 e. The molecular weight excluding hydrogens is 162 g/mol. The summed E-state index contributed by atoms with van der Waals surface area (Å²) in [6.45, 7) is 6.38. The summed E-state index contributed by atoms with van der Waals surface area (Å²) in [6, 6.07) is 4.05. The lowest BCUT2D eigenvalue weighted by Gasteiger charge is -2.15. The molecule has 13 heavy (non-hydrogen) atoms. The van der Waals surface area contributed by atoms with Gasteiger partial charge >= 0.3 is 0 Å². The van der Waals surface area contributed by atoms with Crippen LogP contribution in [-0.4, -0.2) is 0 Å². The van der Waals surface area contributed by atoms with Crippen molar-refractivity contribution in [1.82, 2.24) is 0 Å². The van der Waals surface area contributed by atoms with Crippen molar-refractivity contribution in [1.29, 1.82) is 0 Å². The van der Waals surface area contributed by atoms with Gasteiger partial charge in [-0.2, -0.15) is 0 Å². The molecule has 0 amide bonds. The lowest BCUT2D eigenvalue weighted by atomic mass is 9.98. The molecule has 0 aliphatic carbocycles. The molecule has 0 radical (unpaired) electrons. The molecule has 0 aliphatic rings. The predicted octanol–water partition coefficient (Wildman–Crippen LogP) is 2.89. The average Bonchev–Trinajstić information content (AvgIpc) is 2.63. The quantitative estimate of drug-likeness (QED) is 0.775. The maximum absolute atomic E-state index is 6.02. The standard InChI is InChI=1S/C11H19NO/c1-4-8(3)11(12)10-7-6-9(5-2)13-10/h6-8,11H,4-5,12H2,1-3H3. The number of hydrogen-bond acceptors (Lipinski definition) is 2. The normalized spacial score (nSPS) is 15.7. The van der Waals surface area contributed by atoms with Gasteiger partial charge in [0.25, 0.3) is 0 Å². The third-order valence-electron chi connectivity index (χ3n) is 2.62. The first kappa shape index (κ1) is 10.3. The highest BCUT2D eigenvalue weighted by Gasteiger charge is 2.16. The second-order valence-corrected chi connectivity index (χ2v) is 3.57. The van der Waals surface area contributed by atoms with Crippen molar-refractivity contribution >= 4 is 0 Å². The summed E-state index contributed by atoms with van der Waals surface area (Å²) in [5.41, 5.74) is 6.02. The summed E-state index contributed by atoms with van der Waals surface area (Å²) in [4.78, 5) is 0. The molecule has 1 aromatic rings. The lowest BCUT2D eigenvalue weighted by molar-refractivity contribution is 0.364. The first-order valence-electron chi connectivity index (χ1n) is 5.03. The lowest BCUT2D eigenvalue weighted by Crippen LogP contribution is -2.17. The maximum atomic E-state index is 6.02. The Balaban J connectivity index is 2.70. The molecule has 2 N–H and O–H groups in total. The summed E-state index contributed by atoms with van der Waals surface area (Å²) < 4.78 is 5.59. The van der Waals surface area contributed by atoms with Gasteiger partial charge in [0, 0.05) is 6.42 Å². The molecule has 74 valence electrons. The second-order valence-electron chi connectivity index (χ2n) is 3.57. The van der Waals surface area contributed by atoms with Crippen LogP contribution in [0.25, 0.3) is 0 Å². The van der Waals surface area contributed by atoms with E-state index in [1.807, 2.05) is 12.1 Å². The fourth-order valence-electron chi connectivity index (χ4n) is 1.30. The number of aryl methyl sites for hydroxylation is 1. The minimum Gasteiger partial charge on any atom is -0.464 e. The molecule has 0 bridgehead atoms. The summed E-state index contributed by atoms with van der Waals surface area (Å²) in [7, 11) is 0. The van der Waals surface area contributed by atoms with Crippen molar-refractivity contribution in [3.05, 3.63) is 23.7 Å². The maximum Gasteiger partial charge on any atom is 0.121 e. The van der Waals surface area contributed by atoms with E-state index in [9.17, 15) is 0 Å². The van der Waals surface area contributed by atoms with Crippen molar-refractivity contribution < 1.29 is 4.42 Å². The molecule has 1 rings (SSSR count). The average molecular weight is 181 g/mol. The minimum atomic E-state index is 0.0466. The fourth-order valence-corrected chi connectivity index (χ4v) is 1.30. The van der Waals surface area contributed by atoms with E-state index in [1.165, 1.54) is 0 Å². The van der Waals surface area contributed by atoms with Gasteiger partial charge in [-0.25, -0.2) is 0 Å². The second kappa shape index (κ2) is 4.47. The van der Waals surface area contributed by atoms with Crippen molar-refractivity contribution in [2.24, 2.45) is 11.7 Å². The van der Waals surface area contributed by atoms with E-state index in [0.29, 0.717) is 5.92 Å². The van der Waals surface area contributed by atoms with Gasteiger partial charge in [0.1, 0.15) is 11.5 Å². The summed E-state index contributed by atoms with van der Waals surface area (Å²) in [5.74, 6) is 2.43. The Morgan fingerprint density at radius 3 is 2.54 bits per heavy atom. The molecule has 2 nitrogen and oxygen atoms in total. The van der Waals surface area contributed by atoms with Gasteiger partial charge < -0.3 is 10.2 Å². The Bertz CT molecular complexity index is 254. The number of nitrogens with two attached hydrogens (primary N) is 1. The molecule has 0 aliphatic heterocycles. The van der Waals surface area contributed by atoms with Gasteiger partial charge in [0.15, 0.2) is 0 Å². The molecule has 0 saturated heterocycles. The van der Waals surface area contributed by atoms with Gasteiger partial charge in [-0.15, -0.1) is 0 Å². The van der Waals surface area contributed by atoms with Crippen LogP contribution in [0.5, 0.6) is 0 Å². The van der Waals surface area contributed by atoms with Crippen LogP contribution >= 0.6 is 0 Å². The molecule has 2 unspecified atom stereocenters. The summed E-state index contributed by atoms with van der Waals surface area (Å²) in [5, 5.41) is 0. The van der Waals surface area contributed by atoms with Crippen LogP contribution in [0, 0.1) is 5.92 Å². The first-order chi connectivity index (χ1) is 6.19. The third-order valence-corrected chi connectivity index (χ3v) is 2.62. The number of hydrogen-bond donors (Lipinski definition) is 1. The van der Waals surface area contributed by atoms with E-state index >= 15 is 0 Å². The first-order valence-corrected chi connectivity index (χ1v) is 5.03. The Labute approximate surface area is 80.1 Å². The number of rotatable bonds is 4. The molecule has 1 aromatic heterocycles. The largest absolute Gasteiger partial charge is 0.464 e. The minimum absolute atomic E-state index is 0.0466. The summed E-state index contributed by atoms with van der Waals surface area (Å²) >= 11 is 0. The van der Waals surface area contributed by atoms with Crippen molar-refractivity contribution in [3.63, 3.8) is 0 Å². The molecule has 2 atom stereocenters. The zero-order valence-corrected chi connectivity index (χ0v) is 8.71. The molecule has 0 aromatic carbocycles. The highest BCUT2D eigenvalue weighted by atomic mass is 16.3.